The highest BCUT2D eigenvalue weighted by Gasteiger charge is 2.08. The minimum atomic E-state index is -0.00702. The molecule has 0 aliphatic carbocycles. The summed E-state index contributed by atoms with van der Waals surface area (Å²) in [5.41, 5.74) is 1.77. The highest BCUT2D eigenvalue weighted by molar-refractivity contribution is 7.99. The van der Waals surface area contributed by atoms with E-state index in [1.165, 1.54) is 16.2 Å². The second-order valence-electron chi connectivity index (χ2n) is 5.46. The zero-order valence-corrected chi connectivity index (χ0v) is 16.0. The number of carbonyl (C=O) groups excluding carboxylic acids is 1. The Hall–Kier alpha value is -2.38. The van der Waals surface area contributed by atoms with Crippen LogP contribution in [-0.4, -0.2) is 28.7 Å². The van der Waals surface area contributed by atoms with E-state index in [1.807, 2.05) is 41.8 Å². The highest BCUT2D eigenvalue weighted by atomic mass is 32.2. The van der Waals surface area contributed by atoms with E-state index in [2.05, 4.69) is 15.3 Å². The monoisotopic (exact) mass is 385 g/mol. The van der Waals surface area contributed by atoms with Crippen LogP contribution >= 0.6 is 23.1 Å². The summed E-state index contributed by atoms with van der Waals surface area (Å²) in [6.45, 7) is 0. The summed E-state index contributed by atoms with van der Waals surface area (Å²) in [6, 6.07) is 11.8. The Bertz CT molecular complexity index is 836. The van der Waals surface area contributed by atoms with Gasteiger partial charge in [-0.15, -0.1) is 23.1 Å². The third kappa shape index (κ3) is 5.31. The van der Waals surface area contributed by atoms with Gasteiger partial charge in [0.25, 0.3) is 0 Å². The summed E-state index contributed by atoms with van der Waals surface area (Å²) in [7, 11) is 1.66. The molecule has 0 atom stereocenters. The van der Waals surface area contributed by atoms with Crippen LogP contribution in [0.2, 0.25) is 0 Å². The minimum absolute atomic E-state index is 0.00702. The molecule has 134 valence electrons. The van der Waals surface area contributed by atoms with Crippen LogP contribution in [-0.2, 0) is 4.79 Å². The lowest BCUT2D eigenvalue weighted by Gasteiger charge is -2.04. The summed E-state index contributed by atoms with van der Waals surface area (Å²) in [6.07, 6.45) is 4.77. The lowest BCUT2D eigenvalue weighted by Crippen LogP contribution is -2.11. The number of anilines is 1. The summed E-state index contributed by atoms with van der Waals surface area (Å²) in [5, 5.41) is 5.41. The van der Waals surface area contributed by atoms with E-state index in [9.17, 15) is 4.79 Å². The molecule has 2 aromatic heterocycles. The van der Waals surface area contributed by atoms with E-state index in [4.69, 9.17) is 4.74 Å². The number of hydrogen-bond acceptors (Lipinski definition) is 6. The van der Waals surface area contributed by atoms with Crippen molar-refractivity contribution < 1.29 is 9.53 Å². The fourth-order valence-corrected chi connectivity index (χ4v) is 3.84. The van der Waals surface area contributed by atoms with Gasteiger partial charge in [-0.25, -0.2) is 4.98 Å². The third-order valence-electron chi connectivity index (χ3n) is 3.58. The number of benzene rings is 1. The molecule has 0 spiro atoms. The first-order valence-corrected chi connectivity index (χ1v) is 10.0. The lowest BCUT2D eigenvalue weighted by molar-refractivity contribution is -0.116. The van der Waals surface area contributed by atoms with E-state index in [0.29, 0.717) is 11.6 Å². The first-order valence-electron chi connectivity index (χ1n) is 8.17. The molecule has 0 radical (unpaired) electrons. The predicted molar refractivity (Wildman–Crippen MR) is 107 cm³/mol. The Morgan fingerprint density at radius 3 is 2.85 bits per heavy atom. The van der Waals surface area contributed by atoms with Gasteiger partial charge in [0.1, 0.15) is 5.75 Å². The van der Waals surface area contributed by atoms with E-state index in [0.717, 1.165) is 29.2 Å². The zero-order valence-electron chi connectivity index (χ0n) is 14.3. The molecule has 1 aromatic carbocycles. The lowest BCUT2D eigenvalue weighted by atomic mass is 10.2. The first kappa shape index (κ1) is 18.4. The Morgan fingerprint density at radius 2 is 2.12 bits per heavy atom. The highest BCUT2D eigenvalue weighted by Crippen LogP contribution is 2.25. The summed E-state index contributed by atoms with van der Waals surface area (Å²) >= 11 is 3.16. The van der Waals surface area contributed by atoms with Gasteiger partial charge in [0.2, 0.25) is 5.91 Å². The van der Waals surface area contributed by atoms with Crippen LogP contribution in [0.15, 0.2) is 59.1 Å². The molecule has 5 nitrogen and oxygen atoms in total. The van der Waals surface area contributed by atoms with Crippen molar-refractivity contribution in [1.82, 2.24) is 9.97 Å². The van der Waals surface area contributed by atoms with Gasteiger partial charge in [0.05, 0.1) is 12.8 Å². The molecule has 0 bridgehead atoms. The maximum Gasteiger partial charge on any atom is 0.226 e. The summed E-state index contributed by atoms with van der Waals surface area (Å²) in [4.78, 5) is 21.8. The van der Waals surface area contributed by atoms with Crippen molar-refractivity contribution in [3.8, 4) is 17.0 Å². The summed E-state index contributed by atoms with van der Waals surface area (Å²) in [5.74, 6) is 1.73. The smallest absolute Gasteiger partial charge is 0.226 e. The fourth-order valence-electron chi connectivity index (χ4n) is 2.25. The maximum absolute atomic E-state index is 12.1. The molecule has 2 heterocycles. The topological polar surface area (TPSA) is 64.1 Å². The number of nitrogens with one attached hydrogen (secondary N) is 1. The van der Waals surface area contributed by atoms with Crippen LogP contribution in [0.25, 0.3) is 11.3 Å². The van der Waals surface area contributed by atoms with Crippen molar-refractivity contribution in [2.24, 2.45) is 0 Å². The third-order valence-corrected chi connectivity index (χ3v) is 5.44. The molecule has 0 saturated heterocycles. The number of aromatic nitrogens is 2. The fraction of sp³-hybridized carbons (Fsp3) is 0.211. The number of amides is 1. The Morgan fingerprint density at radius 1 is 1.27 bits per heavy atom. The Balaban J connectivity index is 1.41. The predicted octanol–water partition coefficient (Wildman–Crippen LogP) is 4.72. The van der Waals surface area contributed by atoms with Gasteiger partial charge in [0, 0.05) is 34.7 Å². The number of ether oxygens (including phenoxy) is 1. The molecule has 0 unspecified atom stereocenters. The number of carbonyl (C=O) groups is 1. The second kappa shape index (κ2) is 9.35. The molecule has 26 heavy (non-hydrogen) atoms. The van der Waals surface area contributed by atoms with Crippen molar-refractivity contribution >= 4 is 34.1 Å². The number of thiazole rings is 1. The molecule has 0 saturated carbocycles. The molecule has 1 N–H and O–H groups in total. The molecule has 0 fully saturated rings. The first-order chi connectivity index (χ1) is 12.7. The number of pyridine rings is 1. The zero-order chi connectivity index (χ0) is 18.2. The number of thioether (sulfide) groups is 1. The number of hydrogen-bond donors (Lipinski definition) is 1. The average molecular weight is 386 g/mol. The van der Waals surface area contributed by atoms with Crippen LogP contribution in [0.3, 0.4) is 0 Å². The number of rotatable bonds is 8. The normalized spacial score (nSPS) is 10.5. The molecule has 0 aliphatic heterocycles. The van der Waals surface area contributed by atoms with Gasteiger partial charge in [-0.05, 0) is 48.6 Å². The molecule has 7 heteroatoms. The van der Waals surface area contributed by atoms with Gasteiger partial charge < -0.3 is 10.1 Å². The Labute approximate surface area is 160 Å². The van der Waals surface area contributed by atoms with E-state index in [-0.39, 0.29) is 5.91 Å². The standard InChI is InChI=1S/C19H19N3O2S2/c1-24-15-6-8-16(9-7-15)25-11-3-5-18(23)22-19-21-17(13-26-19)14-4-2-10-20-12-14/h2,4,6-10,12-13H,3,5,11H2,1H3,(H,21,22,23). The van der Waals surface area contributed by atoms with Crippen LogP contribution < -0.4 is 10.1 Å². The molecule has 0 aliphatic rings. The van der Waals surface area contributed by atoms with Crippen molar-refractivity contribution in [3.63, 3.8) is 0 Å². The average Bonchev–Trinajstić information content (AvgIpc) is 3.15. The SMILES string of the molecule is COc1ccc(SCCCC(=O)Nc2nc(-c3cccnc3)cs2)cc1. The molecule has 1 amide bonds. The Kier molecular flexibility index (Phi) is 6.62. The molecule has 3 rings (SSSR count). The van der Waals surface area contributed by atoms with E-state index < -0.39 is 0 Å². The quantitative estimate of drug-likeness (QED) is 0.449. The number of methoxy groups -OCH3 is 1. The van der Waals surface area contributed by atoms with Crippen LogP contribution in [0, 0.1) is 0 Å². The van der Waals surface area contributed by atoms with Crippen LogP contribution in [0.4, 0.5) is 5.13 Å². The van der Waals surface area contributed by atoms with Crippen molar-refractivity contribution in [3.05, 3.63) is 54.2 Å². The summed E-state index contributed by atoms with van der Waals surface area (Å²) < 4.78 is 5.14. The van der Waals surface area contributed by atoms with Gasteiger partial charge in [0.15, 0.2) is 5.13 Å². The molecular formula is C19H19N3O2S2. The van der Waals surface area contributed by atoms with Crippen LogP contribution in [0.1, 0.15) is 12.8 Å². The second-order valence-corrected chi connectivity index (χ2v) is 7.48. The van der Waals surface area contributed by atoms with E-state index >= 15 is 0 Å². The van der Waals surface area contributed by atoms with Gasteiger partial charge >= 0.3 is 0 Å². The van der Waals surface area contributed by atoms with Crippen molar-refractivity contribution in [2.45, 2.75) is 17.7 Å². The van der Waals surface area contributed by atoms with E-state index in [1.54, 1.807) is 31.3 Å². The van der Waals surface area contributed by atoms with Gasteiger partial charge in [-0.2, -0.15) is 0 Å². The van der Waals surface area contributed by atoms with Crippen molar-refractivity contribution in [1.29, 1.82) is 0 Å². The molecule has 3 aromatic rings. The van der Waals surface area contributed by atoms with Crippen LogP contribution in [0.5, 0.6) is 5.75 Å². The largest absolute Gasteiger partial charge is 0.497 e. The van der Waals surface area contributed by atoms with Crippen molar-refractivity contribution in [2.75, 3.05) is 18.2 Å². The van der Waals surface area contributed by atoms with Gasteiger partial charge in [-0.3, -0.25) is 9.78 Å². The maximum atomic E-state index is 12.1. The minimum Gasteiger partial charge on any atom is -0.497 e. The molecular weight excluding hydrogens is 366 g/mol. The van der Waals surface area contributed by atoms with Gasteiger partial charge in [-0.1, -0.05) is 0 Å². The number of nitrogens with zero attached hydrogens (tertiary/aromatic N) is 2.